The molecule has 0 unspecified atom stereocenters. The third kappa shape index (κ3) is 5.20. The quantitative estimate of drug-likeness (QED) is 0.769. The first-order valence-electron chi connectivity index (χ1n) is 9.91. The van der Waals surface area contributed by atoms with Crippen LogP contribution < -0.4 is 5.32 Å². The summed E-state index contributed by atoms with van der Waals surface area (Å²) in [5.41, 5.74) is 3.75. The van der Waals surface area contributed by atoms with Gasteiger partial charge in [-0.2, -0.15) is 0 Å². The lowest BCUT2D eigenvalue weighted by atomic mass is 9.95. The van der Waals surface area contributed by atoms with Crippen molar-refractivity contribution in [1.82, 2.24) is 4.90 Å². The topological polar surface area (TPSA) is 58.6 Å². The van der Waals surface area contributed by atoms with Gasteiger partial charge in [0.25, 0.3) is 0 Å². The van der Waals surface area contributed by atoms with Crippen LogP contribution in [0.5, 0.6) is 0 Å². The van der Waals surface area contributed by atoms with Crippen LogP contribution in [0.25, 0.3) is 0 Å². The molecular weight excluding hydrogens is 352 g/mol. The van der Waals surface area contributed by atoms with Gasteiger partial charge in [0.1, 0.15) is 0 Å². The van der Waals surface area contributed by atoms with Crippen LogP contribution in [0.2, 0.25) is 0 Å². The zero-order valence-electron chi connectivity index (χ0n) is 16.6. The van der Waals surface area contributed by atoms with Gasteiger partial charge in [0.05, 0.1) is 12.2 Å². The van der Waals surface area contributed by atoms with Crippen molar-refractivity contribution in [3.8, 4) is 0 Å². The molecule has 0 atom stereocenters. The standard InChI is InChI=1S/C23H28N2O3/c1-3-28-23(27)19-9-6-10-21(15-19)24-22(26)18-11-13-25(14-12-18)16-20-8-5-4-7-17(20)2/h4-10,15,18H,3,11-14,16H2,1-2H3,(H,24,26). The molecule has 5 heteroatoms. The fourth-order valence-corrected chi connectivity index (χ4v) is 3.56. The number of rotatable bonds is 6. The van der Waals surface area contributed by atoms with E-state index in [1.165, 1.54) is 11.1 Å². The Morgan fingerprint density at radius 2 is 1.86 bits per heavy atom. The summed E-state index contributed by atoms with van der Waals surface area (Å²) in [5.74, 6) is -0.348. The first kappa shape index (κ1) is 20.1. The zero-order chi connectivity index (χ0) is 19.9. The molecule has 0 radical (unpaired) electrons. The molecule has 0 bridgehead atoms. The molecule has 0 saturated carbocycles. The summed E-state index contributed by atoms with van der Waals surface area (Å²) in [5, 5.41) is 2.96. The first-order chi connectivity index (χ1) is 13.6. The van der Waals surface area contributed by atoms with E-state index in [1.54, 1.807) is 31.2 Å². The van der Waals surface area contributed by atoms with Crippen LogP contribution in [-0.2, 0) is 16.1 Å². The highest BCUT2D eigenvalue weighted by Crippen LogP contribution is 2.22. The lowest BCUT2D eigenvalue weighted by Gasteiger charge is -2.31. The normalized spacial score (nSPS) is 15.2. The minimum Gasteiger partial charge on any atom is -0.462 e. The van der Waals surface area contributed by atoms with Crippen molar-refractivity contribution in [1.29, 1.82) is 0 Å². The number of aryl methyl sites for hydroxylation is 1. The molecule has 5 nitrogen and oxygen atoms in total. The second-order valence-corrected chi connectivity index (χ2v) is 7.27. The van der Waals surface area contributed by atoms with Crippen LogP contribution in [0.4, 0.5) is 5.69 Å². The highest BCUT2D eigenvalue weighted by molar-refractivity contribution is 5.95. The molecule has 1 aliphatic heterocycles. The molecule has 3 rings (SSSR count). The van der Waals surface area contributed by atoms with E-state index in [1.807, 2.05) is 0 Å². The number of carbonyl (C=O) groups excluding carboxylic acids is 2. The van der Waals surface area contributed by atoms with Crippen molar-refractivity contribution in [3.05, 3.63) is 65.2 Å². The van der Waals surface area contributed by atoms with Crippen molar-refractivity contribution in [2.24, 2.45) is 5.92 Å². The van der Waals surface area contributed by atoms with Gasteiger partial charge in [-0.1, -0.05) is 30.3 Å². The van der Waals surface area contributed by atoms with Crippen LogP contribution >= 0.6 is 0 Å². The van der Waals surface area contributed by atoms with Crippen molar-refractivity contribution < 1.29 is 14.3 Å². The van der Waals surface area contributed by atoms with Gasteiger partial charge in [-0.3, -0.25) is 9.69 Å². The first-order valence-corrected chi connectivity index (χ1v) is 9.91. The summed E-state index contributed by atoms with van der Waals surface area (Å²) in [6.07, 6.45) is 1.69. The summed E-state index contributed by atoms with van der Waals surface area (Å²) in [6.45, 7) is 7.00. The minimum absolute atomic E-state index is 0.000584. The Bertz CT molecular complexity index is 826. The SMILES string of the molecule is CCOC(=O)c1cccc(NC(=O)C2CCN(Cc3ccccc3C)CC2)c1. The average molecular weight is 380 g/mol. The lowest BCUT2D eigenvalue weighted by molar-refractivity contribution is -0.121. The highest BCUT2D eigenvalue weighted by atomic mass is 16.5. The number of likely N-dealkylation sites (tertiary alicyclic amines) is 1. The Morgan fingerprint density at radius 3 is 2.57 bits per heavy atom. The van der Waals surface area contributed by atoms with Gasteiger partial charge >= 0.3 is 5.97 Å². The number of hydrogen-bond donors (Lipinski definition) is 1. The number of anilines is 1. The predicted octanol–water partition coefficient (Wildman–Crippen LogP) is 4.02. The minimum atomic E-state index is -0.372. The maximum Gasteiger partial charge on any atom is 0.338 e. The van der Waals surface area contributed by atoms with Crippen LogP contribution in [0.3, 0.4) is 0 Å². The molecule has 1 saturated heterocycles. The van der Waals surface area contributed by atoms with Crippen LogP contribution in [0, 0.1) is 12.8 Å². The Morgan fingerprint density at radius 1 is 1.11 bits per heavy atom. The Hall–Kier alpha value is -2.66. The summed E-state index contributed by atoms with van der Waals surface area (Å²) in [4.78, 5) is 26.9. The smallest absolute Gasteiger partial charge is 0.338 e. The number of piperidine rings is 1. The monoisotopic (exact) mass is 380 g/mol. The number of nitrogens with zero attached hydrogens (tertiary/aromatic N) is 1. The molecule has 2 aromatic rings. The van der Waals surface area contributed by atoms with Crippen LogP contribution in [0.1, 0.15) is 41.3 Å². The zero-order valence-corrected chi connectivity index (χ0v) is 16.6. The fourth-order valence-electron chi connectivity index (χ4n) is 3.56. The predicted molar refractivity (Wildman–Crippen MR) is 110 cm³/mol. The van der Waals surface area contributed by atoms with Gasteiger partial charge in [0.15, 0.2) is 0 Å². The number of esters is 1. The van der Waals surface area contributed by atoms with Crippen molar-refractivity contribution in [2.45, 2.75) is 33.2 Å². The molecule has 0 aliphatic carbocycles. The van der Waals surface area contributed by atoms with E-state index in [9.17, 15) is 9.59 Å². The highest BCUT2D eigenvalue weighted by Gasteiger charge is 2.25. The largest absolute Gasteiger partial charge is 0.462 e. The number of hydrogen-bond acceptors (Lipinski definition) is 4. The lowest BCUT2D eigenvalue weighted by Crippen LogP contribution is -2.37. The third-order valence-corrected chi connectivity index (χ3v) is 5.25. The Balaban J connectivity index is 1.52. The van der Waals surface area contributed by atoms with Crippen molar-refractivity contribution in [2.75, 3.05) is 25.0 Å². The molecule has 0 aromatic heterocycles. The molecule has 1 amide bonds. The molecule has 1 aliphatic rings. The molecular formula is C23H28N2O3. The van der Waals surface area contributed by atoms with Gasteiger partial charge in [0, 0.05) is 18.2 Å². The van der Waals surface area contributed by atoms with Crippen molar-refractivity contribution >= 4 is 17.6 Å². The van der Waals surface area contributed by atoms with E-state index in [0.29, 0.717) is 17.9 Å². The Kier molecular flexibility index (Phi) is 6.82. The van der Waals surface area contributed by atoms with E-state index in [0.717, 1.165) is 32.5 Å². The molecule has 1 heterocycles. The number of benzene rings is 2. The average Bonchev–Trinajstić information content (AvgIpc) is 2.70. The number of carbonyl (C=O) groups is 2. The Labute approximate surface area is 166 Å². The van der Waals surface area contributed by atoms with E-state index >= 15 is 0 Å². The molecule has 0 spiro atoms. The number of amides is 1. The molecule has 2 aromatic carbocycles. The van der Waals surface area contributed by atoms with E-state index < -0.39 is 0 Å². The van der Waals surface area contributed by atoms with E-state index in [-0.39, 0.29) is 17.8 Å². The number of nitrogens with one attached hydrogen (secondary N) is 1. The third-order valence-electron chi connectivity index (χ3n) is 5.25. The van der Waals surface area contributed by atoms with Gasteiger partial charge < -0.3 is 10.1 Å². The van der Waals surface area contributed by atoms with Crippen LogP contribution in [-0.4, -0.2) is 36.5 Å². The molecule has 148 valence electrons. The fraction of sp³-hybridized carbons (Fsp3) is 0.391. The summed E-state index contributed by atoms with van der Waals surface area (Å²) in [6, 6.07) is 15.4. The van der Waals surface area contributed by atoms with Crippen LogP contribution in [0.15, 0.2) is 48.5 Å². The van der Waals surface area contributed by atoms with Crippen molar-refractivity contribution in [3.63, 3.8) is 0 Å². The summed E-state index contributed by atoms with van der Waals surface area (Å²) >= 11 is 0. The molecule has 1 fully saturated rings. The summed E-state index contributed by atoms with van der Waals surface area (Å²) in [7, 11) is 0. The maximum atomic E-state index is 12.6. The molecule has 1 N–H and O–H groups in total. The van der Waals surface area contributed by atoms with E-state index in [4.69, 9.17) is 4.74 Å². The maximum absolute atomic E-state index is 12.6. The van der Waals surface area contributed by atoms with Gasteiger partial charge in [-0.15, -0.1) is 0 Å². The second kappa shape index (κ2) is 9.51. The van der Waals surface area contributed by atoms with Gasteiger partial charge in [-0.25, -0.2) is 4.79 Å². The van der Waals surface area contributed by atoms with Gasteiger partial charge in [-0.05, 0) is 69.1 Å². The van der Waals surface area contributed by atoms with E-state index in [2.05, 4.69) is 41.4 Å². The number of ether oxygens (including phenoxy) is 1. The second-order valence-electron chi connectivity index (χ2n) is 7.27. The summed E-state index contributed by atoms with van der Waals surface area (Å²) < 4.78 is 5.02. The molecule has 28 heavy (non-hydrogen) atoms. The van der Waals surface area contributed by atoms with Gasteiger partial charge in [0.2, 0.25) is 5.91 Å².